The van der Waals surface area contributed by atoms with Crippen molar-refractivity contribution in [1.29, 1.82) is 0 Å². The summed E-state index contributed by atoms with van der Waals surface area (Å²) in [6.45, 7) is 7.76. The lowest BCUT2D eigenvalue weighted by Crippen LogP contribution is -2.43. The molecule has 3 aromatic rings. The minimum absolute atomic E-state index is 0.0220. The molecular weight excluding hydrogens is 434 g/mol. The number of rotatable bonds is 4. The second-order valence-electron chi connectivity index (χ2n) is 9.58. The van der Waals surface area contributed by atoms with Gasteiger partial charge in [-0.1, -0.05) is 48.9 Å². The minimum Gasteiger partial charge on any atom is -0.457 e. The monoisotopic (exact) mass is 463 g/mol. The number of halogens is 1. The number of carbonyl (C=O) groups excluding carboxylic acids is 1. The smallest absolute Gasteiger partial charge is 0.407 e. The average molecular weight is 464 g/mol. The van der Waals surface area contributed by atoms with Crippen LogP contribution in [-0.2, 0) is 11.2 Å². The molecule has 172 valence electrons. The van der Waals surface area contributed by atoms with Gasteiger partial charge in [-0.25, -0.2) is 4.79 Å². The first-order valence-electron chi connectivity index (χ1n) is 11.3. The first-order chi connectivity index (χ1) is 15.7. The van der Waals surface area contributed by atoms with E-state index in [9.17, 15) is 4.79 Å². The van der Waals surface area contributed by atoms with E-state index in [0.717, 1.165) is 35.5 Å². The van der Waals surface area contributed by atoms with Crippen LogP contribution in [0.2, 0.25) is 5.02 Å². The summed E-state index contributed by atoms with van der Waals surface area (Å²) in [4.78, 5) is 12.3. The Morgan fingerprint density at radius 3 is 2.39 bits per heavy atom. The van der Waals surface area contributed by atoms with Gasteiger partial charge < -0.3 is 14.8 Å². The summed E-state index contributed by atoms with van der Waals surface area (Å²) < 4.78 is 11.7. The van der Waals surface area contributed by atoms with Crippen LogP contribution in [0.25, 0.3) is 11.1 Å². The van der Waals surface area contributed by atoms with Crippen LogP contribution in [0.5, 0.6) is 11.5 Å². The molecule has 2 unspecified atom stereocenters. The van der Waals surface area contributed by atoms with Crippen molar-refractivity contribution in [3.8, 4) is 22.6 Å². The van der Waals surface area contributed by atoms with Crippen molar-refractivity contribution < 1.29 is 14.3 Å². The molecule has 0 heterocycles. The van der Waals surface area contributed by atoms with E-state index in [4.69, 9.17) is 21.1 Å². The molecule has 0 radical (unpaired) electrons. The summed E-state index contributed by atoms with van der Waals surface area (Å²) in [7, 11) is 0. The van der Waals surface area contributed by atoms with Crippen molar-refractivity contribution >= 4 is 17.7 Å². The fraction of sp³-hybridized carbons (Fsp3) is 0.321. The first kappa shape index (κ1) is 23.2. The highest BCUT2D eigenvalue weighted by Crippen LogP contribution is 2.36. The van der Waals surface area contributed by atoms with E-state index in [2.05, 4.69) is 24.4 Å². The van der Waals surface area contributed by atoms with E-state index in [1.165, 1.54) is 11.1 Å². The maximum absolute atomic E-state index is 12.3. The molecule has 0 saturated carbocycles. The lowest BCUT2D eigenvalue weighted by molar-refractivity contribution is 0.0493. The Kier molecular flexibility index (Phi) is 6.66. The highest BCUT2D eigenvalue weighted by Gasteiger charge is 2.29. The zero-order valence-electron chi connectivity index (χ0n) is 19.5. The average Bonchev–Trinajstić information content (AvgIpc) is 2.75. The first-order valence-corrected chi connectivity index (χ1v) is 11.7. The van der Waals surface area contributed by atoms with Crippen LogP contribution in [0.15, 0.2) is 66.7 Å². The zero-order valence-corrected chi connectivity index (χ0v) is 20.3. The number of fused-ring (bicyclic) bond motifs is 1. The Bertz CT molecular complexity index is 1150. The molecular formula is C28H30ClNO3. The number of hydrogen-bond donors (Lipinski definition) is 1. The van der Waals surface area contributed by atoms with Crippen LogP contribution >= 0.6 is 11.6 Å². The van der Waals surface area contributed by atoms with E-state index >= 15 is 0 Å². The maximum atomic E-state index is 12.3. The SMILES string of the molecule is CC1c2cc(Oc3cccc(-c4cccc(Cl)c4)c3)ccc2CCC1NC(=O)OC(C)(C)C. The largest absolute Gasteiger partial charge is 0.457 e. The maximum Gasteiger partial charge on any atom is 0.407 e. The number of aryl methyl sites for hydroxylation is 1. The van der Waals surface area contributed by atoms with Crippen molar-refractivity contribution in [2.45, 2.75) is 58.1 Å². The quantitative estimate of drug-likeness (QED) is 0.430. The zero-order chi connectivity index (χ0) is 23.6. The minimum atomic E-state index is -0.513. The lowest BCUT2D eigenvalue weighted by atomic mass is 9.80. The molecule has 33 heavy (non-hydrogen) atoms. The van der Waals surface area contributed by atoms with Crippen molar-refractivity contribution in [2.75, 3.05) is 0 Å². The van der Waals surface area contributed by atoms with E-state index in [1.807, 2.05) is 75.4 Å². The molecule has 1 N–H and O–H groups in total. The number of benzene rings is 3. The van der Waals surface area contributed by atoms with E-state index in [0.29, 0.717) is 5.02 Å². The van der Waals surface area contributed by atoms with Gasteiger partial charge in [0.05, 0.1) is 0 Å². The van der Waals surface area contributed by atoms with Crippen LogP contribution < -0.4 is 10.1 Å². The molecule has 1 amide bonds. The second kappa shape index (κ2) is 9.48. The molecule has 0 spiro atoms. The molecule has 1 aliphatic carbocycles. The molecule has 0 bridgehead atoms. The Morgan fingerprint density at radius 1 is 0.970 bits per heavy atom. The Balaban J connectivity index is 1.50. The summed E-state index contributed by atoms with van der Waals surface area (Å²) in [5.41, 5.74) is 4.07. The van der Waals surface area contributed by atoms with Crippen LogP contribution in [0, 0.1) is 0 Å². The third-order valence-electron chi connectivity index (χ3n) is 5.87. The normalized spacial score (nSPS) is 17.7. The fourth-order valence-corrected chi connectivity index (χ4v) is 4.46. The molecule has 0 aliphatic heterocycles. The molecule has 0 saturated heterocycles. The molecule has 5 heteroatoms. The molecule has 2 atom stereocenters. The topological polar surface area (TPSA) is 47.6 Å². The second-order valence-corrected chi connectivity index (χ2v) is 10.0. The molecule has 3 aromatic carbocycles. The molecule has 4 rings (SSSR count). The Labute approximate surface area is 200 Å². The molecule has 0 fully saturated rings. The number of nitrogens with one attached hydrogen (secondary N) is 1. The van der Waals surface area contributed by atoms with Crippen molar-refractivity contribution in [2.24, 2.45) is 0 Å². The van der Waals surface area contributed by atoms with Crippen molar-refractivity contribution in [3.63, 3.8) is 0 Å². The van der Waals surface area contributed by atoms with Gasteiger partial charge in [-0.05, 0) is 92.3 Å². The Hall–Kier alpha value is -2.98. The number of carbonyl (C=O) groups is 1. The Morgan fingerprint density at radius 2 is 1.67 bits per heavy atom. The molecule has 4 nitrogen and oxygen atoms in total. The van der Waals surface area contributed by atoms with Gasteiger partial charge in [0.2, 0.25) is 0 Å². The van der Waals surface area contributed by atoms with Gasteiger partial charge in [0.15, 0.2) is 0 Å². The predicted molar refractivity (Wildman–Crippen MR) is 133 cm³/mol. The third-order valence-corrected chi connectivity index (χ3v) is 6.10. The van der Waals surface area contributed by atoms with Crippen LogP contribution in [0.1, 0.15) is 51.2 Å². The van der Waals surface area contributed by atoms with Gasteiger partial charge >= 0.3 is 6.09 Å². The highest BCUT2D eigenvalue weighted by molar-refractivity contribution is 6.30. The van der Waals surface area contributed by atoms with Gasteiger partial charge in [0.25, 0.3) is 0 Å². The summed E-state index contributed by atoms with van der Waals surface area (Å²) in [6, 6.07) is 22.0. The number of alkyl carbamates (subject to hydrolysis) is 1. The molecule has 0 aromatic heterocycles. The highest BCUT2D eigenvalue weighted by atomic mass is 35.5. The van der Waals surface area contributed by atoms with Gasteiger partial charge in [-0.3, -0.25) is 0 Å². The van der Waals surface area contributed by atoms with Gasteiger partial charge in [-0.2, -0.15) is 0 Å². The standard InChI is InChI=1S/C28H30ClNO3/c1-18-25-17-24(13-11-19(25)12-14-26(18)30-27(31)33-28(2,3)4)32-23-10-6-8-21(16-23)20-7-5-9-22(29)15-20/h5-11,13,15-18,26H,12,14H2,1-4H3,(H,30,31). The van der Waals surface area contributed by atoms with Gasteiger partial charge in [0.1, 0.15) is 17.1 Å². The fourth-order valence-electron chi connectivity index (χ4n) is 4.27. The third kappa shape index (κ3) is 5.88. The summed E-state index contributed by atoms with van der Waals surface area (Å²) in [5, 5.41) is 3.76. The number of ether oxygens (including phenoxy) is 2. The van der Waals surface area contributed by atoms with Crippen LogP contribution in [-0.4, -0.2) is 17.7 Å². The summed E-state index contributed by atoms with van der Waals surface area (Å²) in [6.07, 6.45) is 1.42. The van der Waals surface area contributed by atoms with Crippen molar-refractivity contribution in [1.82, 2.24) is 5.32 Å². The van der Waals surface area contributed by atoms with Gasteiger partial charge in [-0.15, -0.1) is 0 Å². The van der Waals surface area contributed by atoms with Crippen LogP contribution in [0.3, 0.4) is 0 Å². The predicted octanol–water partition coefficient (Wildman–Crippen LogP) is 7.74. The van der Waals surface area contributed by atoms with E-state index < -0.39 is 5.60 Å². The van der Waals surface area contributed by atoms with Gasteiger partial charge in [0, 0.05) is 17.0 Å². The number of hydrogen-bond acceptors (Lipinski definition) is 3. The van der Waals surface area contributed by atoms with E-state index in [-0.39, 0.29) is 18.1 Å². The summed E-state index contributed by atoms with van der Waals surface area (Å²) >= 11 is 6.15. The van der Waals surface area contributed by atoms with Crippen LogP contribution in [0.4, 0.5) is 4.79 Å². The number of amides is 1. The molecule has 1 aliphatic rings. The summed E-state index contributed by atoms with van der Waals surface area (Å²) in [5.74, 6) is 1.70. The van der Waals surface area contributed by atoms with E-state index in [1.54, 1.807) is 0 Å². The van der Waals surface area contributed by atoms with Crippen molar-refractivity contribution in [3.05, 3.63) is 82.9 Å². The lowest BCUT2D eigenvalue weighted by Gasteiger charge is -2.33.